The number of rotatable bonds is 6. The average molecular weight is 440 g/mol. The van der Waals surface area contributed by atoms with Gasteiger partial charge in [0.15, 0.2) is 0 Å². The van der Waals surface area contributed by atoms with Crippen LogP contribution >= 0.6 is 33.9 Å². The van der Waals surface area contributed by atoms with E-state index < -0.39 is 0 Å². The number of benzene rings is 1. The monoisotopic (exact) mass is 440 g/mol. The lowest BCUT2D eigenvalue weighted by molar-refractivity contribution is -0.131. The van der Waals surface area contributed by atoms with Crippen LogP contribution in [0.2, 0.25) is 0 Å². The molecular formula is C17H17IN2O2S. The highest BCUT2D eigenvalue weighted by molar-refractivity contribution is 14.1. The summed E-state index contributed by atoms with van der Waals surface area (Å²) in [5.41, 5.74) is 1.76. The molecule has 6 heteroatoms. The largest absolute Gasteiger partial charge is 0.343 e. The summed E-state index contributed by atoms with van der Waals surface area (Å²) in [5.74, 6) is -0.215. The lowest BCUT2D eigenvalue weighted by Crippen LogP contribution is -2.41. The van der Waals surface area contributed by atoms with Gasteiger partial charge >= 0.3 is 0 Å². The molecule has 120 valence electrons. The molecular weight excluding hydrogens is 423 g/mol. The molecule has 2 amide bonds. The lowest BCUT2D eigenvalue weighted by Gasteiger charge is -2.22. The fraction of sp³-hybridized carbons (Fsp3) is 0.294. The zero-order valence-corrected chi connectivity index (χ0v) is 15.5. The zero-order chi connectivity index (χ0) is 16.2. The second kappa shape index (κ2) is 7.44. The molecule has 0 saturated heterocycles. The van der Waals surface area contributed by atoms with Gasteiger partial charge in [-0.05, 0) is 70.0 Å². The molecule has 1 saturated carbocycles. The van der Waals surface area contributed by atoms with E-state index in [0.717, 1.165) is 22.0 Å². The van der Waals surface area contributed by atoms with Gasteiger partial charge in [0.1, 0.15) is 0 Å². The third-order valence-corrected chi connectivity index (χ3v) is 5.43. The van der Waals surface area contributed by atoms with Gasteiger partial charge < -0.3 is 10.2 Å². The molecule has 1 heterocycles. The summed E-state index contributed by atoms with van der Waals surface area (Å²) in [5, 5.41) is 6.83. The fourth-order valence-electron chi connectivity index (χ4n) is 2.38. The minimum Gasteiger partial charge on any atom is -0.343 e. The summed E-state index contributed by atoms with van der Waals surface area (Å²) >= 11 is 3.76. The number of carbonyl (C=O) groups excluding carboxylic acids is 2. The van der Waals surface area contributed by atoms with Crippen LogP contribution in [0.4, 0.5) is 0 Å². The maximum Gasteiger partial charge on any atom is 0.252 e. The van der Waals surface area contributed by atoms with Gasteiger partial charge in [-0.3, -0.25) is 9.59 Å². The Bertz CT molecular complexity index is 698. The predicted molar refractivity (Wildman–Crippen MR) is 99.4 cm³/mol. The molecule has 0 radical (unpaired) electrons. The average Bonchev–Trinajstić information content (AvgIpc) is 3.26. The van der Waals surface area contributed by atoms with Crippen molar-refractivity contribution in [2.24, 2.45) is 0 Å². The Morgan fingerprint density at radius 1 is 1.26 bits per heavy atom. The van der Waals surface area contributed by atoms with Gasteiger partial charge in [-0.1, -0.05) is 12.1 Å². The van der Waals surface area contributed by atoms with Crippen molar-refractivity contribution in [3.8, 4) is 0 Å². The second-order valence-corrected chi connectivity index (χ2v) is 7.49. The molecule has 4 nitrogen and oxygen atoms in total. The summed E-state index contributed by atoms with van der Waals surface area (Å²) in [6, 6.07) is 9.73. The molecule has 0 spiro atoms. The van der Waals surface area contributed by atoms with E-state index in [0.29, 0.717) is 18.2 Å². The molecule has 1 aliphatic rings. The van der Waals surface area contributed by atoms with Crippen LogP contribution < -0.4 is 5.32 Å². The first-order chi connectivity index (χ1) is 11.1. The molecule has 1 fully saturated rings. The standard InChI is InChI=1S/C17H17IN2O2S/c18-15-4-2-1-3-14(15)17(22)19-9-16(21)20(13-5-6-13)10-12-7-8-23-11-12/h1-4,7-8,11,13H,5-6,9-10H2,(H,19,22). The fourth-order valence-corrected chi connectivity index (χ4v) is 3.68. The maximum atomic E-state index is 12.5. The minimum absolute atomic E-state index is 0.0158. The summed E-state index contributed by atoms with van der Waals surface area (Å²) in [4.78, 5) is 26.6. The summed E-state index contributed by atoms with van der Waals surface area (Å²) < 4.78 is 0.882. The van der Waals surface area contributed by atoms with Crippen molar-refractivity contribution < 1.29 is 9.59 Å². The van der Waals surface area contributed by atoms with Crippen molar-refractivity contribution in [1.29, 1.82) is 0 Å². The molecule has 0 atom stereocenters. The third-order valence-electron chi connectivity index (χ3n) is 3.76. The molecule has 0 aliphatic heterocycles. The van der Waals surface area contributed by atoms with Crippen LogP contribution in [0, 0.1) is 3.57 Å². The van der Waals surface area contributed by atoms with Crippen LogP contribution in [0.3, 0.4) is 0 Å². The second-order valence-electron chi connectivity index (χ2n) is 5.55. The molecule has 2 aromatic rings. The van der Waals surface area contributed by atoms with Crippen LogP contribution in [-0.4, -0.2) is 29.3 Å². The highest BCUT2D eigenvalue weighted by atomic mass is 127. The SMILES string of the molecule is O=C(NCC(=O)N(Cc1ccsc1)C1CC1)c1ccccc1I. The van der Waals surface area contributed by atoms with E-state index in [4.69, 9.17) is 0 Å². The normalized spacial score (nSPS) is 13.6. The predicted octanol–water partition coefficient (Wildman–Crippen LogP) is 3.27. The van der Waals surface area contributed by atoms with Crippen molar-refractivity contribution in [2.75, 3.05) is 6.54 Å². The van der Waals surface area contributed by atoms with E-state index in [9.17, 15) is 9.59 Å². The Balaban J connectivity index is 1.59. The van der Waals surface area contributed by atoms with Crippen molar-refractivity contribution in [3.05, 3.63) is 55.8 Å². The highest BCUT2D eigenvalue weighted by Gasteiger charge is 2.32. The van der Waals surface area contributed by atoms with Crippen LogP contribution in [0.5, 0.6) is 0 Å². The minimum atomic E-state index is -0.199. The number of amides is 2. The Morgan fingerprint density at radius 3 is 2.70 bits per heavy atom. The first-order valence-electron chi connectivity index (χ1n) is 7.48. The number of hydrogen-bond acceptors (Lipinski definition) is 3. The van der Waals surface area contributed by atoms with Gasteiger partial charge in [0.2, 0.25) is 5.91 Å². The van der Waals surface area contributed by atoms with Gasteiger partial charge in [-0.2, -0.15) is 11.3 Å². The first kappa shape index (κ1) is 16.4. The van der Waals surface area contributed by atoms with E-state index in [1.54, 1.807) is 17.4 Å². The van der Waals surface area contributed by atoms with E-state index in [-0.39, 0.29) is 18.4 Å². The molecule has 0 unspecified atom stereocenters. The Morgan fingerprint density at radius 2 is 2.04 bits per heavy atom. The molecule has 1 N–H and O–H groups in total. The Labute approximate surface area is 153 Å². The van der Waals surface area contributed by atoms with Crippen molar-refractivity contribution in [3.63, 3.8) is 0 Å². The Hall–Kier alpha value is -1.41. The van der Waals surface area contributed by atoms with Crippen LogP contribution in [-0.2, 0) is 11.3 Å². The molecule has 1 aromatic heterocycles. The summed E-state index contributed by atoms with van der Waals surface area (Å²) in [6.07, 6.45) is 2.11. The van der Waals surface area contributed by atoms with Crippen molar-refractivity contribution >= 4 is 45.7 Å². The summed E-state index contributed by atoms with van der Waals surface area (Å²) in [6.45, 7) is 0.677. The molecule has 0 bridgehead atoms. The number of hydrogen-bond donors (Lipinski definition) is 1. The van der Waals surface area contributed by atoms with Crippen LogP contribution in [0.25, 0.3) is 0 Å². The number of nitrogens with zero attached hydrogens (tertiary/aromatic N) is 1. The molecule has 23 heavy (non-hydrogen) atoms. The topological polar surface area (TPSA) is 49.4 Å². The Kier molecular flexibility index (Phi) is 5.32. The third kappa shape index (κ3) is 4.32. The quantitative estimate of drug-likeness (QED) is 0.702. The number of carbonyl (C=O) groups is 2. The van der Waals surface area contributed by atoms with Crippen LogP contribution in [0.1, 0.15) is 28.8 Å². The van der Waals surface area contributed by atoms with E-state index >= 15 is 0 Å². The maximum absolute atomic E-state index is 12.5. The summed E-state index contributed by atoms with van der Waals surface area (Å²) in [7, 11) is 0. The van der Waals surface area contributed by atoms with E-state index in [2.05, 4.69) is 33.3 Å². The molecule has 1 aromatic carbocycles. The smallest absolute Gasteiger partial charge is 0.252 e. The number of halogens is 1. The lowest BCUT2D eigenvalue weighted by atomic mass is 10.2. The first-order valence-corrected chi connectivity index (χ1v) is 9.50. The number of thiophene rings is 1. The van der Waals surface area contributed by atoms with Crippen molar-refractivity contribution in [1.82, 2.24) is 10.2 Å². The van der Waals surface area contributed by atoms with E-state index in [1.165, 1.54) is 0 Å². The van der Waals surface area contributed by atoms with Gasteiger partial charge in [0.25, 0.3) is 5.91 Å². The van der Waals surface area contributed by atoms with Gasteiger partial charge in [-0.25, -0.2) is 0 Å². The van der Waals surface area contributed by atoms with Gasteiger partial charge in [0.05, 0.1) is 12.1 Å². The zero-order valence-electron chi connectivity index (χ0n) is 12.5. The van der Waals surface area contributed by atoms with E-state index in [1.807, 2.05) is 34.5 Å². The molecule has 1 aliphatic carbocycles. The van der Waals surface area contributed by atoms with Gasteiger partial charge in [-0.15, -0.1) is 0 Å². The number of nitrogens with one attached hydrogen (secondary N) is 1. The highest BCUT2D eigenvalue weighted by Crippen LogP contribution is 2.28. The van der Waals surface area contributed by atoms with Gasteiger partial charge in [0, 0.05) is 16.2 Å². The van der Waals surface area contributed by atoms with Crippen molar-refractivity contribution in [2.45, 2.75) is 25.4 Å². The van der Waals surface area contributed by atoms with Crippen LogP contribution in [0.15, 0.2) is 41.1 Å². The molecule has 3 rings (SSSR count).